The van der Waals surface area contributed by atoms with Gasteiger partial charge in [0.1, 0.15) is 11.3 Å². The van der Waals surface area contributed by atoms with Crippen molar-refractivity contribution in [3.05, 3.63) is 74.7 Å². The van der Waals surface area contributed by atoms with Crippen molar-refractivity contribution < 1.29 is 13.9 Å². The molecule has 1 aromatic heterocycles. The summed E-state index contributed by atoms with van der Waals surface area (Å²) in [4.78, 5) is 16.9. The fourth-order valence-electron chi connectivity index (χ4n) is 2.84. The Morgan fingerprint density at radius 1 is 0.968 bits per heavy atom. The van der Waals surface area contributed by atoms with Crippen molar-refractivity contribution in [1.82, 2.24) is 4.98 Å². The number of carbonyl (C=O) groups excluding carboxylic acids is 1. The van der Waals surface area contributed by atoms with Gasteiger partial charge in [-0.15, -0.1) is 0 Å². The first kappa shape index (κ1) is 21.8. The second-order valence-electron chi connectivity index (χ2n) is 6.66. The molecular weight excluding hydrogens is 482 g/mol. The first-order valence-corrected chi connectivity index (χ1v) is 10.6. The topological polar surface area (TPSA) is 64.4 Å². The van der Waals surface area contributed by atoms with Crippen LogP contribution < -0.4 is 10.1 Å². The summed E-state index contributed by atoms with van der Waals surface area (Å²) in [5.41, 5.74) is 2.34. The van der Waals surface area contributed by atoms with Gasteiger partial charge in [0.25, 0.3) is 5.91 Å². The summed E-state index contributed by atoms with van der Waals surface area (Å²) in [6.45, 7) is 1.63. The second-order valence-corrected chi connectivity index (χ2v) is 8.34. The third-order valence-corrected chi connectivity index (χ3v) is 5.41. The normalized spacial score (nSPS) is 12.0. The largest absolute Gasteiger partial charge is 0.479 e. The molecule has 0 spiro atoms. The van der Waals surface area contributed by atoms with E-state index in [9.17, 15) is 4.79 Å². The smallest absolute Gasteiger partial charge is 0.265 e. The zero-order valence-corrected chi connectivity index (χ0v) is 19.0. The van der Waals surface area contributed by atoms with Crippen molar-refractivity contribution >= 4 is 69.1 Å². The van der Waals surface area contributed by atoms with Crippen LogP contribution >= 0.6 is 46.4 Å². The number of anilines is 1. The van der Waals surface area contributed by atoms with Crippen molar-refractivity contribution in [2.45, 2.75) is 13.0 Å². The van der Waals surface area contributed by atoms with Gasteiger partial charge in [-0.05, 0) is 61.5 Å². The maximum absolute atomic E-state index is 12.5. The fourth-order valence-corrected chi connectivity index (χ4v) is 3.81. The average molecular weight is 496 g/mol. The molecule has 3 aromatic carbocycles. The Bertz CT molecular complexity index is 1270. The zero-order chi connectivity index (χ0) is 22.1. The lowest BCUT2D eigenvalue weighted by Gasteiger charge is -2.16. The van der Waals surface area contributed by atoms with E-state index in [4.69, 9.17) is 55.6 Å². The number of hydrogen-bond acceptors (Lipinski definition) is 4. The molecule has 31 heavy (non-hydrogen) atoms. The summed E-state index contributed by atoms with van der Waals surface area (Å²) >= 11 is 24.1. The minimum absolute atomic E-state index is 0.330. The van der Waals surface area contributed by atoms with Crippen LogP contribution in [0.1, 0.15) is 6.92 Å². The van der Waals surface area contributed by atoms with Crippen LogP contribution in [0.25, 0.3) is 22.6 Å². The van der Waals surface area contributed by atoms with Gasteiger partial charge in [-0.3, -0.25) is 4.79 Å². The lowest BCUT2D eigenvalue weighted by molar-refractivity contribution is -0.122. The van der Waals surface area contributed by atoms with Crippen LogP contribution in [0, 0.1) is 0 Å². The SMILES string of the molecule is CC(Oc1ccc(Cl)cc1Cl)C(=O)Nc1ccc(-c2nc3cc(Cl)cc(Cl)c3o2)cc1. The fraction of sp³-hybridized carbons (Fsp3) is 0.0909. The lowest BCUT2D eigenvalue weighted by Crippen LogP contribution is -2.30. The molecule has 0 aliphatic heterocycles. The van der Waals surface area contributed by atoms with Crippen molar-refractivity contribution in [2.24, 2.45) is 0 Å². The lowest BCUT2D eigenvalue weighted by atomic mass is 10.2. The van der Waals surface area contributed by atoms with Crippen molar-refractivity contribution in [2.75, 3.05) is 5.32 Å². The van der Waals surface area contributed by atoms with Gasteiger partial charge in [0.2, 0.25) is 5.89 Å². The van der Waals surface area contributed by atoms with E-state index in [1.165, 1.54) is 0 Å². The molecule has 0 saturated heterocycles. The summed E-state index contributed by atoms with van der Waals surface area (Å²) in [5, 5.41) is 4.47. The monoisotopic (exact) mass is 494 g/mol. The Morgan fingerprint density at radius 2 is 1.68 bits per heavy atom. The molecule has 1 atom stereocenters. The number of hydrogen-bond donors (Lipinski definition) is 1. The molecule has 1 heterocycles. The number of ether oxygens (including phenoxy) is 1. The van der Waals surface area contributed by atoms with Crippen molar-refractivity contribution in [3.63, 3.8) is 0 Å². The average Bonchev–Trinajstić information content (AvgIpc) is 3.15. The third-order valence-electron chi connectivity index (χ3n) is 4.38. The summed E-state index contributed by atoms with van der Waals surface area (Å²) in [5.74, 6) is 0.437. The summed E-state index contributed by atoms with van der Waals surface area (Å²) in [6, 6.07) is 15.1. The summed E-state index contributed by atoms with van der Waals surface area (Å²) < 4.78 is 11.4. The molecule has 4 rings (SSSR count). The minimum atomic E-state index is -0.776. The highest BCUT2D eigenvalue weighted by molar-refractivity contribution is 6.38. The summed E-state index contributed by atoms with van der Waals surface area (Å²) in [6.07, 6.45) is -0.776. The van der Waals surface area contributed by atoms with Crippen LogP contribution in [0.5, 0.6) is 5.75 Å². The van der Waals surface area contributed by atoms with Crippen LogP contribution in [0.2, 0.25) is 20.1 Å². The van der Waals surface area contributed by atoms with Crippen LogP contribution in [0.4, 0.5) is 5.69 Å². The highest BCUT2D eigenvalue weighted by atomic mass is 35.5. The Labute approximate surface area is 197 Å². The highest BCUT2D eigenvalue weighted by Crippen LogP contribution is 2.32. The minimum Gasteiger partial charge on any atom is -0.479 e. The first-order valence-electron chi connectivity index (χ1n) is 9.09. The number of rotatable bonds is 5. The Balaban J connectivity index is 1.45. The number of benzene rings is 3. The van der Waals surface area contributed by atoms with E-state index in [1.54, 1.807) is 61.5 Å². The second kappa shape index (κ2) is 8.97. The van der Waals surface area contributed by atoms with Crippen LogP contribution in [-0.2, 0) is 4.79 Å². The molecule has 0 fully saturated rings. The van der Waals surface area contributed by atoms with E-state index >= 15 is 0 Å². The Morgan fingerprint density at radius 3 is 2.39 bits per heavy atom. The molecular formula is C22H14Cl4N2O3. The van der Waals surface area contributed by atoms with Crippen LogP contribution in [-0.4, -0.2) is 17.0 Å². The molecule has 0 radical (unpaired) electrons. The van der Waals surface area contributed by atoms with Gasteiger partial charge in [-0.2, -0.15) is 0 Å². The molecule has 1 N–H and O–H groups in total. The number of aromatic nitrogens is 1. The van der Waals surface area contributed by atoms with Crippen molar-refractivity contribution in [3.8, 4) is 17.2 Å². The zero-order valence-electron chi connectivity index (χ0n) is 16.0. The van der Waals surface area contributed by atoms with Gasteiger partial charge in [-0.25, -0.2) is 4.98 Å². The number of carbonyl (C=O) groups is 1. The maximum Gasteiger partial charge on any atom is 0.265 e. The van der Waals surface area contributed by atoms with Gasteiger partial charge < -0.3 is 14.5 Å². The highest BCUT2D eigenvalue weighted by Gasteiger charge is 2.17. The molecule has 5 nitrogen and oxygen atoms in total. The number of halogens is 4. The maximum atomic E-state index is 12.5. The van der Waals surface area contributed by atoms with Gasteiger partial charge in [0, 0.05) is 21.3 Å². The van der Waals surface area contributed by atoms with E-state index in [0.29, 0.717) is 48.5 Å². The molecule has 0 bridgehead atoms. The van der Waals surface area contributed by atoms with Gasteiger partial charge >= 0.3 is 0 Å². The molecule has 158 valence electrons. The number of nitrogens with one attached hydrogen (secondary N) is 1. The third kappa shape index (κ3) is 4.91. The van der Waals surface area contributed by atoms with E-state index in [1.807, 2.05) is 0 Å². The predicted molar refractivity (Wildman–Crippen MR) is 125 cm³/mol. The Hall–Kier alpha value is -2.44. The predicted octanol–water partition coefficient (Wildman–Crippen LogP) is 7.51. The molecule has 0 aliphatic carbocycles. The molecule has 0 saturated carbocycles. The molecule has 9 heteroatoms. The molecule has 1 unspecified atom stereocenters. The number of nitrogens with zero attached hydrogens (tertiary/aromatic N) is 1. The Kier molecular flexibility index (Phi) is 6.30. The van der Waals surface area contributed by atoms with Gasteiger partial charge in [-0.1, -0.05) is 46.4 Å². The standard InChI is InChI=1S/C22H14Cl4N2O3/c1-11(30-19-7-4-13(23)8-16(19)25)21(29)27-15-5-2-12(3-6-15)22-28-18-10-14(24)9-17(26)20(18)31-22/h2-11H,1H3,(H,27,29). The van der Waals surface area contributed by atoms with E-state index in [-0.39, 0.29) is 5.91 Å². The number of oxazole rings is 1. The quantitative estimate of drug-likeness (QED) is 0.311. The van der Waals surface area contributed by atoms with Crippen molar-refractivity contribution in [1.29, 1.82) is 0 Å². The first-order chi connectivity index (χ1) is 14.8. The van der Waals surface area contributed by atoms with E-state index in [2.05, 4.69) is 10.3 Å². The molecule has 4 aromatic rings. The number of amides is 1. The van der Waals surface area contributed by atoms with Gasteiger partial charge in [0.05, 0.1) is 10.0 Å². The van der Waals surface area contributed by atoms with Gasteiger partial charge in [0.15, 0.2) is 11.7 Å². The van der Waals surface area contributed by atoms with E-state index in [0.717, 1.165) is 5.56 Å². The summed E-state index contributed by atoms with van der Waals surface area (Å²) in [7, 11) is 0. The molecule has 1 amide bonds. The number of fused-ring (bicyclic) bond motifs is 1. The van der Waals surface area contributed by atoms with Crippen LogP contribution in [0.15, 0.2) is 59.0 Å². The van der Waals surface area contributed by atoms with E-state index < -0.39 is 6.10 Å². The van der Waals surface area contributed by atoms with Crippen LogP contribution in [0.3, 0.4) is 0 Å². The molecule has 0 aliphatic rings.